The van der Waals surface area contributed by atoms with Crippen molar-refractivity contribution in [2.75, 3.05) is 90.6 Å². The first-order chi connectivity index (χ1) is 33.9. The van der Waals surface area contributed by atoms with Gasteiger partial charge in [0.05, 0.1) is 57.4 Å². The third-order valence-electron chi connectivity index (χ3n) is 9.92. The molecule has 0 spiro atoms. The number of aliphatic carboxylic acids is 3. The van der Waals surface area contributed by atoms with Crippen LogP contribution in [0.15, 0.2) is 0 Å². The zero-order valence-corrected chi connectivity index (χ0v) is 45.7. The third kappa shape index (κ3) is 50.1. The van der Waals surface area contributed by atoms with Crippen molar-refractivity contribution >= 4 is 71.2 Å². The number of hydrogen-bond acceptors (Lipinski definition) is 17. The number of ether oxygens (including phenoxy) is 4. The van der Waals surface area contributed by atoms with Crippen LogP contribution in [0.3, 0.4) is 0 Å². The molecule has 72 heavy (non-hydrogen) atoms. The summed E-state index contributed by atoms with van der Waals surface area (Å²) in [5, 5.41) is 46.5. The van der Waals surface area contributed by atoms with E-state index in [1.54, 1.807) is 6.92 Å². The molecule has 0 aromatic heterocycles. The molecule has 23 nitrogen and oxygen atoms in total. The first-order valence-electron chi connectivity index (χ1n) is 24.3. The van der Waals surface area contributed by atoms with Crippen molar-refractivity contribution in [2.24, 2.45) is 17.6 Å². The molecule has 0 heterocycles. The van der Waals surface area contributed by atoms with Crippen LogP contribution in [0.2, 0.25) is 0 Å². The average Bonchev–Trinajstić information content (AvgIpc) is 3.32. The van der Waals surface area contributed by atoms with E-state index in [0.29, 0.717) is 19.1 Å². The number of hydrogen-bond donors (Lipinski definition) is 9. The van der Waals surface area contributed by atoms with Crippen LogP contribution in [0.4, 0.5) is 0 Å². The number of aldehydes is 1. The summed E-state index contributed by atoms with van der Waals surface area (Å²) in [6, 6.07) is -1.43. The van der Waals surface area contributed by atoms with Crippen LogP contribution in [-0.4, -0.2) is 183 Å². The van der Waals surface area contributed by atoms with E-state index in [9.17, 15) is 53.1 Å². The fourth-order valence-electron chi connectivity index (χ4n) is 5.92. The Morgan fingerprint density at radius 1 is 0.611 bits per heavy atom. The van der Waals surface area contributed by atoms with Gasteiger partial charge in [0, 0.05) is 91.1 Å². The van der Waals surface area contributed by atoms with Crippen molar-refractivity contribution in [3.63, 3.8) is 0 Å². The Kier molecular flexibility index (Phi) is 51.6. The Morgan fingerprint density at radius 3 is 1.60 bits per heavy atom. The SMILES string of the molecule is C[C@H](N)C=O.[CH2-][C@@H](CSCC(=O)NCCNC(=O)COCCOCCNC(=O)COCCOCCCC(=O)CC[C@H](NC(=O)CCCCCCCCCCCCC(=O)O)C(=O)O)C(=O)C[C@@H](CO)C(=O)O.[Y]. The van der Waals surface area contributed by atoms with Crippen LogP contribution in [0, 0.1) is 18.8 Å². The number of nitrogens with two attached hydrogens (primary N) is 1. The van der Waals surface area contributed by atoms with E-state index in [1.165, 1.54) is 0 Å². The van der Waals surface area contributed by atoms with E-state index in [4.69, 9.17) is 40.0 Å². The fourth-order valence-corrected chi connectivity index (χ4v) is 6.79. The van der Waals surface area contributed by atoms with Crippen molar-refractivity contribution in [3.05, 3.63) is 6.92 Å². The average molecular weight is 1130 g/mol. The normalized spacial score (nSPS) is 12.3. The minimum Gasteiger partial charge on any atom is -0.481 e. The molecule has 0 saturated carbocycles. The first-order valence-corrected chi connectivity index (χ1v) is 25.4. The summed E-state index contributed by atoms with van der Waals surface area (Å²) in [6.45, 7) is 6.00. The van der Waals surface area contributed by atoms with Crippen LogP contribution >= 0.6 is 11.8 Å². The minimum absolute atomic E-state index is 0. The molecule has 0 aromatic carbocycles. The molecule has 413 valence electrons. The van der Waals surface area contributed by atoms with Crippen molar-refractivity contribution in [1.29, 1.82) is 0 Å². The molecule has 10 N–H and O–H groups in total. The molecular weight excluding hydrogens is 1040 g/mol. The molecule has 0 aliphatic carbocycles. The van der Waals surface area contributed by atoms with E-state index < -0.39 is 54.1 Å². The van der Waals surface area contributed by atoms with Gasteiger partial charge in [-0.15, -0.1) is 5.92 Å². The number of ketones is 2. The third-order valence-corrected chi connectivity index (χ3v) is 11.0. The number of thioether (sulfide) groups is 1. The van der Waals surface area contributed by atoms with Gasteiger partial charge in [-0.05, 0) is 38.4 Å². The van der Waals surface area contributed by atoms with E-state index >= 15 is 0 Å². The summed E-state index contributed by atoms with van der Waals surface area (Å²) in [6.07, 6.45) is 11.0. The Hall–Kier alpha value is -3.49. The van der Waals surface area contributed by atoms with Gasteiger partial charge in [0.15, 0.2) is 0 Å². The number of amides is 4. The second-order valence-corrected chi connectivity index (χ2v) is 17.6. The van der Waals surface area contributed by atoms with Crippen LogP contribution in [-0.2, 0) is 99.6 Å². The summed E-state index contributed by atoms with van der Waals surface area (Å²) >= 11 is 1.16. The summed E-state index contributed by atoms with van der Waals surface area (Å²) in [5.74, 6) is -6.79. The van der Waals surface area contributed by atoms with Crippen LogP contribution in [0.25, 0.3) is 0 Å². The number of carbonyl (C=O) groups excluding carboxylic acids is 7. The smallest absolute Gasteiger partial charge is 0.326 e. The summed E-state index contributed by atoms with van der Waals surface area (Å²) in [4.78, 5) is 115. The van der Waals surface area contributed by atoms with Crippen LogP contribution < -0.4 is 27.0 Å². The Morgan fingerprint density at radius 2 is 1.10 bits per heavy atom. The Labute approximate surface area is 453 Å². The number of carboxylic acids is 3. The number of nitrogens with one attached hydrogen (secondary N) is 4. The second kappa shape index (κ2) is 51.0. The molecule has 0 bridgehead atoms. The Bertz CT molecular complexity index is 1530. The number of aliphatic hydroxyl groups excluding tert-OH is 1. The standard InChI is InChI=1S/C44H75N4O17S.C3H7NO.Y/c1-33(37(51)27-34(28-49)43(58)59)31-66-32-41(55)46-19-18-45-39(53)29-65-26-24-63-22-20-47-40(54)30-64-25-23-62-21-12-13-35(50)16-17-36(44(60)61)48-38(52)14-10-8-6-4-2-3-5-7-9-11-15-42(56)57;1-3(4)2-5;/h33-34,36,49H,1-32H2,(H,45,53)(H,46,55)(H,47,54)(H,48,52)(H,56,57)(H,58,59)(H,60,61);2-3H,4H2,1H3;/q-1;;/t33-,34-,36-;3-;/m00./s1. The molecule has 0 fully saturated rings. The molecule has 1 radical (unpaired) electrons. The van der Waals surface area contributed by atoms with Gasteiger partial charge in [-0.1, -0.05) is 51.4 Å². The van der Waals surface area contributed by atoms with Crippen molar-refractivity contribution < 1.29 is 120 Å². The van der Waals surface area contributed by atoms with Crippen LogP contribution in [0.5, 0.6) is 0 Å². The summed E-state index contributed by atoms with van der Waals surface area (Å²) in [7, 11) is 0. The van der Waals surface area contributed by atoms with Crippen molar-refractivity contribution in [3.8, 4) is 0 Å². The minimum atomic E-state index is -1.26. The van der Waals surface area contributed by atoms with Gasteiger partial charge in [0.1, 0.15) is 37.1 Å². The number of Topliss-reactive ketones (excluding diaryl/α,β-unsaturated/α-hetero) is 2. The molecule has 0 aliphatic heterocycles. The molecule has 0 aromatic rings. The predicted octanol–water partition coefficient (Wildman–Crippen LogP) is 1.23. The molecule has 25 heteroatoms. The number of carbonyl (C=O) groups is 10. The number of carboxylic acid groups (broad SMARTS) is 3. The topological polar surface area (TPSA) is 363 Å². The fraction of sp³-hybridized carbons (Fsp3) is 0.766. The first kappa shape index (κ1) is 72.8. The summed E-state index contributed by atoms with van der Waals surface area (Å²) in [5.41, 5.74) is 4.92. The monoisotopic (exact) mass is 1130 g/mol. The molecule has 0 saturated heterocycles. The largest absolute Gasteiger partial charge is 0.481 e. The van der Waals surface area contributed by atoms with Crippen LogP contribution in [0.1, 0.15) is 116 Å². The molecule has 0 unspecified atom stereocenters. The van der Waals surface area contributed by atoms with E-state index in [-0.39, 0.29) is 185 Å². The van der Waals surface area contributed by atoms with Gasteiger partial charge in [-0.3, -0.25) is 33.6 Å². The molecule has 0 rings (SSSR count). The van der Waals surface area contributed by atoms with Gasteiger partial charge >= 0.3 is 17.9 Å². The maximum atomic E-state index is 12.3. The zero-order valence-electron chi connectivity index (χ0n) is 42.1. The second-order valence-electron chi connectivity index (χ2n) is 16.5. The Balaban J connectivity index is -0.00000752. The van der Waals surface area contributed by atoms with E-state index in [0.717, 1.165) is 69.5 Å². The maximum absolute atomic E-state index is 12.3. The molecule has 4 atom stereocenters. The molecule has 0 aliphatic rings. The van der Waals surface area contributed by atoms with Gasteiger partial charge in [-0.2, -0.15) is 11.8 Å². The van der Waals surface area contributed by atoms with Crippen molar-refractivity contribution in [2.45, 2.75) is 128 Å². The van der Waals surface area contributed by atoms with E-state index in [1.807, 2.05) is 0 Å². The van der Waals surface area contributed by atoms with Gasteiger partial charge in [-0.25, -0.2) is 4.79 Å². The molecular formula is C47H82N5O18SY-. The number of rotatable bonds is 48. The predicted molar refractivity (Wildman–Crippen MR) is 262 cm³/mol. The molecule has 4 amide bonds. The van der Waals surface area contributed by atoms with E-state index in [2.05, 4.69) is 28.2 Å². The maximum Gasteiger partial charge on any atom is 0.326 e. The number of unbranched alkanes of at least 4 members (excludes halogenated alkanes) is 9. The zero-order chi connectivity index (χ0) is 53.5. The quantitative estimate of drug-likeness (QED) is 0.0235. The van der Waals surface area contributed by atoms with Gasteiger partial charge in [0.25, 0.3) is 0 Å². The van der Waals surface area contributed by atoms with Crippen molar-refractivity contribution in [1.82, 2.24) is 21.3 Å². The number of aliphatic hydroxyl groups is 1. The van der Waals surface area contributed by atoms with Gasteiger partial charge < -0.3 is 82.9 Å². The summed E-state index contributed by atoms with van der Waals surface area (Å²) < 4.78 is 21.3. The van der Waals surface area contributed by atoms with Gasteiger partial charge in [0.2, 0.25) is 23.6 Å².